The number of rotatable bonds is 2. The van der Waals surface area contributed by atoms with Crippen molar-refractivity contribution in [2.75, 3.05) is 40.3 Å². The van der Waals surface area contributed by atoms with Crippen LogP contribution in [0.2, 0.25) is 0 Å². The monoisotopic (exact) mass is 158 g/mol. The Morgan fingerprint density at radius 1 is 1.55 bits per heavy atom. The molecule has 0 aromatic rings. The van der Waals surface area contributed by atoms with Crippen molar-refractivity contribution in [1.29, 1.82) is 0 Å². The van der Waals surface area contributed by atoms with Gasteiger partial charge in [-0.2, -0.15) is 0 Å². The van der Waals surface area contributed by atoms with E-state index in [-0.39, 0.29) is 0 Å². The molecule has 0 amide bonds. The van der Waals surface area contributed by atoms with Gasteiger partial charge in [-0.15, -0.1) is 0 Å². The van der Waals surface area contributed by atoms with Crippen molar-refractivity contribution in [3.63, 3.8) is 0 Å². The quantitative estimate of drug-likeness (QED) is 0.608. The van der Waals surface area contributed by atoms with Gasteiger partial charge in [-0.25, -0.2) is 0 Å². The van der Waals surface area contributed by atoms with E-state index in [4.69, 9.17) is 4.74 Å². The second-order valence-electron chi connectivity index (χ2n) is 3.31. The molecule has 0 radical (unpaired) electrons. The molecule has 1 unspecified atom stereocenters. The maximum atomic E-state index is 5.61. The molecule has 0 bridgehead atoms. The topological polar surface area (TPSA) is 24.5 Å². The third-order valence-corrected chi connectivity index (χ3v) is 1.79. The van der Waals surface area contributed by atoms with Crippen molar-refractivity contribution >= 4 is 0 Å². The van der Waals surface area contributed by atoms with Crippen LogP contribution in [0.4, 0.5) is 0 Å². The first-order valence-corrected chi connectivity index (χ1v) is 4.26. The van der Waals surface area contributed by atoms with E-state index in [0.29, 0.717) is 6.10 Å². The largest absolute Gasteiger partial charge is 0.376 e. The van der Waals surface area contributed by atoms with Crippen LogP contribution in [0.3, 0.4) is 0 Å². The average Bonchev–Trinajstić information content (AvgIpc) is 2.14. The highest BCUT2D eigenvalue weighted by Crippen LogP contribution is 1.97. The third kappa shape index (κ3) is 3.70. The third-order valence-electron chi connectivity index (χ3n) is 1.79. The van der Waals surface area contributed by atoms with Gasteiger partial charge in [0, 0.05) is 19.7 Å². The fourth-order valence-corrected chi connectivity index (χ4v) is 1.29. The molecule has 0 aromatic heterocycles. The molecule has 1 fully saturated rings. The van der Waals surface area contributed by atoms with E-state index >= 15 is 0 Å². The Morgan fingerprint density at radius 2 is 2.36 bits per heavy atom. The van der Waals surface area contributed by atoms with E-state index in [9.17, 15) is 0 Å². The van der Waals surface area contributed by atoms with Crippen LogP contribution in [0.15, 0.2) is 0 Å². The predicted molar refractivity (Wildman–Crippen MR) is 45.8 cm³/mol. The van der Waals surface area contributed by atoms with Gasteiger partial charge in [0.2, 0.25) is 0 Å². The Hall–Kier alpha value is -0.120. The Kier molecular flexibility index (Phi) is 3.83. The summed E-state index contributed by atoms with van der Waals surface area (Å²) in [4.78, 5) is 2.16. The summed E-state index contributed by atoms with van der Waals surface area (Å²) < 4.78 is 5.61. The van der Waals surface area contributed by atoms with Crippen molar-refractivity contribution in [1.82, 2.24) is 10.2 Å². The first-order valence-electron chi connectivity index (χ1n) is 4.26. The number of hydrogen-bond donors (Lipinski definition) is 1. The number of nitrogens with one attached hydrogen (secondary N) is 1. The molecular weight excluding hydrogens is 140 g/mol. The molecule has 0 aliphatic carbocycles. The molecule has 0 spiro atoms. The summed E-state index contributed by atoms with van der Waals surface area (Å²) in [5.41, 5.74) is 0. The zero-order valence-corrected chi connectivity index (χ0v) is 7.47. The van der Waals surface area contributed by atoms with E-state index in [2.05, 4.69) is 24.3 Å². The van der Waals surface area contributed by atoms with Gasteiger partial charge in [-0.3, -0.25) is 0 Å². The van der Waals surface area contributed by atoms with Crippen molar-refractivity contribution in [2.24, 2.45) is 0 Å². The molecule has 3 heteroatoms. The number of hydrogen-bond acceptors (Lipinski definition) is 3. The van der Waals surface area contributed by atoms with Crippen LogP contribution >= 0.6 is 0 Å². The lowest BCUT2D eigenvalue weighted by Crippen LogP contribution is -2.35. The van der Waals surface area contributed by atoms with Crippen LogP contribution in [0.25, 0.3) is 0 Å². The molecule has 0 saturated carbocycles. The Bertz CT molecular complexity index is 98.3. The van der Waals surface area contributed by atoms with E-state index < -0.39 is 0 Å². The summed E-state index contributed by atoms with van der Waals surface area (Å²) >= 11 is 0. The van der Waals surface area contributed by atoms with Crippen LogP contribution in [-0.4, -0.2) is 51.3 Å². The Labute approximate surface area is 68.7 Å². The van der Waals surface area contributed by atoms with Gasteiger partial charge in [0.25, 0.3) is 0 Å². The van der Waals surface area contributed by atoms with Crippen molar-refractivity contribution in [3.05, 3.63) is 0 Å². The van der Waals surface area contributed by atoms with Gasteiger partial charge in [-0.05, 0) is 27.1 Å². The predicted octanol–water partition coefficient (Wildman–Crippen LogP) is -0.0735. The lowest BCUT2D eigenvalue weighted by Gasteiger charge is -2.19. The second kappa shape index (κ2) is 4.70. The van der Waals surface area contributed by atoms with Gasteiger partial charge in [0.1, 0.15) is 0 Å². The standard InChI is InChI=1S/C8H18N2O/c1-10(2)7-8-6-9-4-3-5-11-8/h8-9H,3-7H2,1-2H3. The lowest BCUT2D eigenvalue weighted by atomic mass is 10.3. The molecule has 11 heavy (non-hydrogen) atoms. The maximum absolute atomic E-state index is 5.61. The molecule has 1 aliphatic heterocycles. The summed E-state index contributed by atoms with van der Waals surface area (Å²) in [6, 6.07) is 0. The van der Waals surface area contributed by atoms with Crippen LogP contribution in [0, 0.1) is 0 Å². The molecular formula is C8H18N2O. The molecule has 66 valence electrons. The molecule has 1 saturated heterocycles. The van der Waals surface area contributed by atoms with Crippen LogP contribution in [-0.2, 0) is 4.74 Å². The molecule has 3 nitrogen and oxygen atoms in total. The van der Waals surface area contributed by atoms with Crippen molar-refractivity contribution in [3.8, 4) is 0 Å². The first kappa shape index (κ1) is 8.97. The maximum Gasteiger partial charge on any atom is 0.0825 e. The number of likely N-dealkylation sites (N-methyl/N-ethyl adjacent to an activating group) is 1. The van der Waals surface area contributed by atoms with E-state index in [1.54, 1.807) is 0 Å². The molecule has 1 aliphatic rings. The smallest absolute Gasteiger partial charge is 0.0825 e. The van der Waals surface area contributed by atoms with E-state index in [0.717, 1.165) is 32.7 Å². The molecule has 1 rings (SSSR count). The van der Waals surface area contributed by atoms with Gasteiger partial charge in [-0.1, -0.05) is 0 Å². The summed E-state index contributed by atoms with van der Waals surface area (Å²) in [5.74, 6) is 0. The Morgan fingerprint density at radius 3 is 3.09 bits per heavy atom. The SMILES string of the molecule is CN(C)CC1CNCCCO1. The van der Waals surface area contributed by atoms with Gasteiger partial charge in [0.05, 0.1) is 6.10 Å². The lowest BCUT2D eigenvalue weighted by molar-refractivity contribution is 0.0488. The molecule has 0 aromatic carbocycles. The number of ether oxygens (including phenoxy) is 1. The van der Waals surface area contributed by atoms with E-state index in [1.807, 2.05) is 0 Å². The first-order chi connectivity index (χ1) is 5.29. The van der Waals surface area contributed by atoms with E-state index in [1.165, 1.54) is 0 Å². The zero-order valence-electron chi connectivity index (χ0n) is 7.47. The molecule has 1 N–H and O–H groups in total. The van der Waals surface area contributed by atoms with Gasteiger partial charge < -0.3 is 15.0 Å². The van der Waals surface area contributed by atoms with Crippen molar-refractivity contribution < 1.29 is 4.74 Å². The fraction of sp³-hybridized carbons (Fsp3) is 1.00. The minimum absolute atomic E-state index is 0.382. The normalized spacial score (nSPS) is 27.0. The second-order valence-corrected chi connectivity index (χ2v) is 3.31. The number of nitrogens with zero attached hydrogens (tertiary/aromatic N) is 1. The zero-order chi connectivity index (χ0) is 8.10. The Balaban J connectivity index is 2.20. The van der Waals surface area contributed by atoms with Crippen LogP contribution in [0.1, 0.15) is 6.42 Å². The highest BCUT2D eigenvalue weighted by molar-refractivity contribution is 4.67. The minimum Gasteiger partial charge on any atom is -0.376 e. The van der Waals surface area contributed by atoms with Crippen LogP contribution < -0.4 is 5.32 Å². The van der Waals surface area contributed by atoms with Gasteiger partial charge >= 0.3 is 0 Å². The van der Waals surface area contributed by atoms with Crippen LogP contribution in [0.5, 0.6) is 0 Å². The summed E-state index contributed by atoms with van der Waals surface area (Å²) in [6.07, 6.45) is 1.52. The summed E-state index contributed by atoms with van der Waals surface area (Å²) in [6.45, 7) is 4.03. The molecule has 1 atom stereocenters. The summed E-state index contributed by atoms with van der Waals surface area (Å²) in [5, 5.41) is 3.35. The average molecular weight is 158 g/mol. The highest BCUT2D eigenvalue weighted by atomic mass is 16.5. The van der Waals surface area contributed by atoms with Crippen molar-refractivity contribution in [2.45, 2.75) is 12.5 Å². The minimum atomic E-state index is 0.382. The van der Waals surface area contributed by atoms with Gasteiger partial charge in [0.15, 0.2) is 0 Å². The fourth-order valence-electron chi connectivity index (χ4n) is 1.29. The highest BCUT2D eigenvalue weighted by Gasteiger charge is 2.11. The molecule has 1 heterocycles. The summed E-state index contributed by atoms with van der Waals surface area (Å²) in [7, 11) is 4.16.